The lowest BCUT2D eigenvalue weighted by Crippen LogP contribution is -1.98. The minimum Gasteiger partial charge on any atom is -0.488 e. The van der Waals surface area contributed by atoms with Crippen LogP contribution in [0.25, 0.3) is 89.7 Å². The van der Waals surface area contributed by atoms with Crippen molar-refractivity contribution in [1.82, 2.24) is 39.9 Å². The number of fused-ring (bicyclic) bond motifs is 20. The molecule has 0 saturated heterocycles. The van der Waals surface area contributed by atoms with Crippen molar-refractivity contribution in [2.45, 2.75) is 131 Å². The average molecular weight is 1160 g/mol. The summed E-state index contributed by atoms with van der Waals surface area (Å²) in [4.78, 5) is 39.9. The van der Waals surface area contributed by atoms with E-state index in [9.17, 15) is 0 Å². The second-order valence-electron chi connectivity index (χ2n) is 23.2. The fourth-order valence-corrected chi connectivity index (χ4v) is 11.7. The van der Waals surface area contributed by atoms with Crippen LogP contribution in [0.2, 0.25) is 0 Å². The van der Waals surface area contributed by atoms with Crippen LogP contribution in [0.1, 0.15) is 124 Å². The first-order valence-electron chi connectivity index (χ1n) is 31.6. The van der Waals surface area contributed by atoms with Crippen molar-refractivity contribution >= 4 is 44.1 Å². The fraction of sp³-hybridized carbons (Fsp3) is 0.263. The third-order valence-corrected chi connectivity index (χ3v) is 16.7. The molecular formula is C76H74N8O4. The predicted octanol–water partition coefficient (Wildman–Crippen LogP) is 18.6. The minimum atomic E-state index is 0.344. The summed E-state index contributed by atoms with van der Waals surface area (Å²) in [6, 6.07) is 58.9. The van der Waals surface area contributed by atoms with E-state index in [1.807, 2.05) is 72.8 Å². The van der Waals surface area contributed by atoms with Crippen molar-refractivity contribution < 1.29 is 18.9 Å². The monoisotopic (exact) mass is 1160 g/mol. The highest BCUT2D eigenvalue weighted by atomic mass is 16.5. The van der Waals surface area contributed by atoms with Crippen molar-refractivity contribution in [3.05, 3.63) is 214 Å². The van der Waals surface area contributed by atoms with Gasteiger partial charge >= 0.3 is 0 Å². The zero-order valence-electron chi connectivity index (χ0n) is 50.8. The van der Waals surface area contributed by atoms with Gasteiger partial charge in [-0.15, -0.1) is 0 Å². The molecule has 0 amide bonds. The van der Waals surface area contributed by atoms with Gasteiger partial charge in [-0.3, -0.25) is 0 Å². The van der Waals surface area contributed by atoms with Crippen LogP contribution < -0.4 is 18.9 Å². The summed E-state index contributed by atoms with van der Waals surface area (Å²) in [5, 5.41) is 3.06. The van der Waals surface area contributed by atoms with E-state index in [1.165, 1.54) is 22.3 Å². The molecule has 8 bridgehead atoms. The fourth-order valence-electron chi connectivity index (χ4n) is 11.7. The molecule has 88 heavy (non-hydrogen) atoms. The van der Waals surface area contributed by atoms with Gasteiger partial charge in [0.15, 0.2) is 23.3 Å². The lowest BCUT2D eigenvalue weighted by molar-refractivity contribution is 0.307. The maximum absolute atomic E-state index is 6.82. The van der Waals surface area contributed by atoms with Crippen LogP contribution in [-0.2, 0) is 52.1 Å². The van der Waals surface area contributed by atoms with E-state index < -0.39 is 0 Å². The van der Waals surface area contributed by atoms with Crippen molar-refractivity contribution in [2.24, 2.45) is 0 Å². The summed E-state index contributed by atoms with van der Waals surface area (Å²) in [7, 11) is 0. The third kappa shape index (κ3) is 12.5. The Morgan fingerprint density at radius 2 is 0.568 bits per heavy atom. The molecule has 11 aromatic rings. The Balaban J connectivity index is 1.01. The summed E-state index contributed by atoms with van der Waals surface area (Å²) in [6.07, 6.45) is 13.4. The van der Waals surface area contributed by atoms with Crippen molar-refractivity contribution in [3.63, 3.8) is 0 Å². The molecule has 0 radical (unpaired) electrons. The number of aromatic amines is 2. The van der Waals surface area contributed by atoms with E-state index >= 15 is 0 Å². The first-order valence-corrected chi connectivity index (χ1v) is 31.6. The van der Waals surface area contributed by atoms with Crippen LogP contribution in [0.5, 0.6) is 23.0 Å². The zero-order chi connectivity index (χ0) is 59.8. The molecule has 442 valence electrons. The Hall–Kier alpha value is -9.68. The van der Waals surface area contributed by atoms with E-state index in [0.717, 1.165) is 132 Å². The standard InChI is InChI=1S/C76H74N8O4/c1-5-9-17-49-29-37-53(38-30-49)45-85-61-25-13-21-57-65(61)73-77-69(57)82-74-67-59(23-15-27-63(67)87-47-55-41-33-51(34-42-55)19-11-7-3)71(79-74)84-76-68-60(24-16-28-64(68)88-48-56-43-35-52(36-44-56)20-12-8-4)72(80-76)83-75-66-58(70(78-75)81-73)22-14-26-62(66)86-46-54-39-31-50(32-40-54)18-10-6-2/h13-16,21-44H,5-12,17-20,45-48H2,1-4H3,(H2,77,78,79,80,81,82,83,84). The smallest absolute Gasteiger partial charge is 0.168 e. The molecule has 0 atom stereocenters. The van der Waals surface area contributed by atoms with Gasteiger partial charge in [-0.2, -0.15) is 0 Å². The highest BCUT2D eigenvalue weighted by molar-refractivity contribution is 6.10. The number of aromatic nitrogens is 8. The Morgan fingerprint density at radius 1 is 0.284 bits per heavy atom. The minimum absolute atomic E-state index is 0.344. The first-order chi connectivity index (χ1) is 43.4. The summed E-state index contributed by atoms with van der Waals surface area (Å²) in [5.74, 6) is 4.26. The number of ether oxygens (including phenoxy) is 4. The van der Waals surface area contributed by atoms with Crippen LogP contribution >= 0.6 is 0 Å². The van der Waals surface area contributed by atoms with Gasteiger partial charge in [0.1, 0.15) is 72.0 Å². The summed E-state index contributed by atoms with van der Waals surface area (Å²) in [5.41, 5.74) is 14.5. The Kier molecular flexibility index (Phi) is 17.3. The Morgan fingerprint density at radius 3 is 0.898 bits per heavy atom. The van der Waals surface area contributed by atoms with Gasteiger partial charge in [-0.05, 0) is 120 Å². The lowest BCUT2D eigenvalue weighted by atomic mass is 10.1. The van der Waals surface area contributed by atoms with E-state index in [0.29, 0.717) is 106 Å². The molecule has 0 fully saturated rings. The van der Waals surface area contributed by atoms with E-state index in [-0.39, 0.29) is 0 Å². The second-order valence-corrected chi connectivity index (χ2v) is 23.2. The van der Waals surface area contributed by atoms with Gasteiger partial charge in [0, 0.05) is 21.9 Å². The molecule has 5 heterocycles. The summed E-state index contributed by atoms with van der Waals surface area (Å²) >= 11 is 0. The molecule has 2 aliphatic heterocycles. The van der Waals surface area contributed by atoms with Gasteiger partial charge in [-0.25, -0.2) is 29.9 Å². The number of aryl methyl sites for hydroxylation is 4. The highest BCUT2D eigenvalue weighted by Gasteiger charge is 2.28. The maximum atomic E-state index is 6.82. The molecule has 8 aromatic carbocycles. The van der Waals surface area contributed by atoms with E-state index in [4.69, 9.17) is 48.9 Å². The van der Waals surface area contributed by atoms with Crippen molar-refractivity contribution in [2.75, 3.05) is 0 Å². The number of H-pyrrole nitrogens is 2. The second kappa shape index (κ2) is 26.5. The third-order valence-electron chi connectivity index (χ3n) is 16.7. The van der Waals surface area contributed by atoms with Crippen LogP contribution in [0.4, 0.5) is 0 Å². The molecule has 0 unspecified atom stereocenters. The molecule has 12 heteroatoms. The van der Waals surface area contributed by atoms with Crippen LogP contribution in [-0.4, -0.2) is 39.9 Å². The van der Waals surface area contributed by atoms with E-state index in [1.54, 1.807) is 0 Å². The normalized spacial score (nSPS) is 11.7. The topological polar surface area (TPSA) is 146 Å². The van der Waals surface area contributed by atoms with E-state index in [2.05, 4.69) is 135 Å². The summed E-state index contributed by atoms with van der Waals surface area (Å²) in [6.45, 7) is 10.3. The first kappa shape index (κ1) is 57.4. The zero-order valence-corrected chi connectivity index (χ0v) is 50.8. The average Bonchev–Trinajstić information content (AvgIpc) is 3.67. The van der Waals surface area contributed by atoms with Crippen molar-refractivity contribution in [1.29, 1.82) is 0 Å². The maximum Gasteiger partial charge on any atom is 0.168 e. The van der Waals surface area contributed by atoms with Gasteiger partial charge in [-0.1, -0.05) is 199 Å². The number of benzene rings is 8. The molecule has 13 rings (SSSR count). The molecule has 3 aromatic heterocycles. The van der Waals surface area contributed by atoms with Gasteiger partial charge < -0.3 is 28.9 Å². The lowest BCUT2D eigenvalue weighted by Gasteiger charge is -2.11. The number of rotatable bonds is 24. The highest BCUT2D eigenvalue weighted by Crippen LogP contribution is 2.45. The number of hydrogen-bond donors (Lipinski definition) is 2. The van der Waals surface area contributed by atoms with Gasteiger partial charge in [0.25, 0.3) is 0 Å². The molecule has 0 spiro atoms. The van der Waals surface area contributed by atoms with Crippen molar-refractivity contribution in [3.8, 4) is 68.5 Å². The van der Waals surface area contributed by atoms with Crippen LogP contribution in [0.15, 0.2) is 170 Å². The molecule has 12 nitrogen and oxygen atoms in total. The Labute approximate surface area is 514 Å². The molecule has 2 aliphatic rings. The number of hydrogen-bond acceptors (Lipinski definition) is 10. The largest absolute Gasteiger partial charge is 0.488 e. The number of nitrogens with zero attached hydrogens (tertiary/aromatic N) is 6. The predicted molar refractivity (Wildman–Crippen MR) is 354 cm³/mol. The number of nitrogens with one attached hydrogen (secondary N) is 2. The molecule has 0 saturated carbocycles. The molecule has 2 N–H and O–H groups in total. The molecule has 0 aliphatic carbocycles. The summed E-state index contributed by atoms with van der Waals surface area (Å²) < 4.78 is 27.3. The van der Waals surface area contributed by atoms with Gasteiger partial charge in [0.2, 0.25) is 0 Å². The van der Waals surface area contributed by atoms with Gasteiger partial charge in [0.05, 0.1) is 21.9 Å². The SMILES string of the molecule is CCCCc1ccc(COc2cccc3c2-c2nc-3nc3[nH]c(nc4nc(nc5[nH]c(n2)c2cccc(OCc6ccc(CCCC)cc6)c52)-c2cccc(OCc5ccc(CCCC)cc5)c2-4)c2cccc(OCc4ccc(CCCC)cc4)c32)cc1. The Bertz CT molecular complexity index is 4160. The quantitative estimate of drug-likeness (QED) is 0.0599. The number of unbranched alkanes of at least 4 members (excludes halogenated alkanes) is 4. The van der Waals surface area contributed by atoms with Crippen LogP contribution in [0.3, 0.4) is 0 Å². The molecular weight excluding hydrogens is 1090 g/mol. The van der Waals surface area contributed by atoms with Crippen LogP contribution in [0, 0.1) is 0 Å².